The van der Waals surface area contributed by atoms with Crippen LogP contribution in [0.2, 0.25) is 0 Å². The fourth-order valence-electron chi connectivity index (χ4n) is 2.90. The maximum atomic E-state index is 11.0. The smallest absolute Gasteiger partial charge is 0.317 e. The first-order valence-corrected chi connectivity index (χ1v) is 7.64. The lowest BCUT2D eigenvalue weighted by molar-refractivity contribution is 0.193. The largest absolute Gasteiger partial charge is 0.381 e. The summed E-state index contributed by atoms with van der Waals surface area (Å²) < 4.78 is 5.43. The van der Waals surface area contributed by atoms with Gasteiger partial charge in [0.15, 0.2) is 0 Å². The highest BCUT2D eigenvalue weighted by molar-refractivity contribution is 5.97. The van der Waals surface area contributed by atoms with Crippen molar-refractivity contribution in [3.8, 4) is 11.3 Å². The summed E-state index contributed by atoms with van der Waals surface area (Å²) in [5.74, 6) is 0.681. The average Bonchev–Trinajstić information content (AvgIpc) is 3.24. The van der Waals surface area contributed by atoms with Gasteiger partial charge in [0, 0.05) is 35.9 Å². The molecule has 2 amide bonds. The van der Waals surface area contributed by atoms with Crippen LogP contribution in [0.1, 0.15) is 18.0 Å². The minimum atomic E-state index is -0.651. The Balaban J connectivity index is 1.75. The van der Waals surface area contributed by atoms with E-state index >= 15 is 0 Å². The van der Waals surface area contributed by atoms with Crippen LogP contribution < -0.4 is 11.1 Å². The van der Waals surface area contributed by atoms with Crippen molar-refractivity contribution < 1.29 is 9.53 Å². The van der Waals surface area contributed by atoms with Gasteiger partial charge in [0.25, 0.3) is 0 Å². The number of hydrogen-bond donors (Lipinski definition) is 3. The fourth-order valence-corrected chi connectivity index (χ4v) is 2.90. The van der Waals surface area contributed by atoms with Crippen molar-refractivity contribution in [2.75, 3.05) is 18.5 Å². The Labute approximate surface area is 137 Å². The van der Waals surface area contributed by atoms with Crippen LogP contribution in [-0.2, 0) is 4.74 Å². The Morgan fingerprint density at radius 3 is 3.08 bits per heavy atom. The zero-order valence-electron chi connectivity index (χ0n) is 12.8. The molecule has 0 aliphatic carbocycles. The number of aromatic nitrogens is 4. The van der Waals surface area contributed by atoms with Crippen molar-refractivity contribution in [3.63, 3.8) is 0 Å². The maximum Gasteiger partial charge on any atom is 0.317 e. The molecule has 1 unspecified atom stereocenters. The normalized spacial score (nSPS) is 17.2. The molecule has 122 valence electrons. The molecule has 1 saturated heterocycles. The van der Waals surface area contributed by atoms with Crippen LogP contribution in [0, 0.1) is 0 Å². The zero-order chi connectivity index (χ0) is 16.5. The minimum absolute atomic E-state index is 0.288. The predicted octanol–water partition coefficient (Wildman–Crippen LogP) is 2.01. The summed E-state index contributed by atoms with van der Waals surface area (Å²) in [6.07, 6.45) is 7.98. The summed E-state index contributed by atoms with van der Waals surface area (Å²) in [6.45, 7) is 1.44. The van der Waals surface area contributed by atoms with Crippen LogP contribution in [0.25, 0.3) is 22.2 Å². The molecule has 1 fully saturated rings. The standard InChI is InChI=1S/C16H16N6O2/c17-16(23)22-15-3-10-11(4-19-13(10)7-20-15)14-6-18-5-12(21-14)9-1-2-24-8-9/h3-7,9,19H,1-2,8H2,(H3,17,20,22,23). The summed E-state index contributed by atoms with van der Waals surface area (Å²) in [4.78, 5) is 27.4. The number of nitrogens with two attached hydrogens (primary N) is 1. The van der Waals surface area contributed by atoms with Gasteiger partial charge in [-0.2, -0.15) is 0 Å². The number of aromatic amines is 1. The quantitative estimate of drug-likeness (QED) is 0.681. The Morgan fingerprint density at radius 1 is 1.38 bits per heavy atom. The van der Waals surface area contributed by atoms with Gasteiger partial charge in [-0.1, -0.05) is 0 Å². The second kappa shape index (κ2) is 5.89. The highest BCUT2D eigenvalue weighted by Crippen LogP contribution is 2.30. The number of H-pyrrole nitrogens is 1. The lowest BCUT2D eigenvalue weighted by Gasteiger charge is -2.08. The molecule has 4 N–H and O–H groups in total. The first kappa shape index (κ1) is 14.6. The van der Waals surface area contributed by atoms with Gasteiger partial charge in [0.2, 0.25) is 0 Å². The number of nitrogens with zero attached hydrogens (tertiary/aromatic N) is 3. The number of rotatable bonds is 3. The van der Waals surface area contributed by atoms with E-state index in [1.807, 2.05) is 6.20 Å². The first-order valence-electron chi connectivity index (χ1n) is 7.64. The highest BCUT2D eigenvalue weighted by atomic mass is 16.5. The number of nitrogens with one attached hydrogen (secondary N) is 2. The second-order valence-electron chi connectivity index (χ2n) is 5.70. The van der Waals surface area contributed by atoms with E-state index in [4.69, 9.17) is 15.5 Å². The first-order chi connectivity index (χ1) is 11.7. The molecule has 0 radical (unpaired) electrons. The number of hydrogen-bond acceptors (Lipinski definition) is 5. The van der Waals surface area contributed by atoms with E-state index in [1.165, 1.54) is 0 Å². The van der Waals surface area contributed by atoms with Crippen LogP contribution in [0.3, 0.4) is 0 Å². The number of carbonyl (C=O) groups is 1. The Hall–Kier alpha value is -3.00. The molecule has 1 atom stereocenters. The van der Waals surface area contributed by atoms with Crippen molar-refractivity contribution in [1.29, 1.82) is 0 Å². The average molecular weight is 324 g/mol. The lowest BCUT2D eigenvalue weighted by Crippen LogP contribution is -2.19. The molecule has 8 heteroatoms. The molecule has 0 spiro atoms. The number of primary amides is 1. The molecule has 0 aromatic carbocycles. The molecule has 0 saturated carbocycles. The van der Waals surface area contributed by atoms with Crippen LogP contribution in [0.15, 0.2) is 30.9 Å². The van der Waals surface area contributed by atoms with E-state index in [9.17, 15) is 4.79 Å². The van der Waals surface area contributed by atoms with Gasteiger partial charge in [-0.3, -0.25) is 10.3 Å². The minimum Gasteiger partial charge on any atom is -0.381 e. The van der Waals surface area contributed by atoms with Crippen molar-refractivity contribution in [2.24, 2.45) is 5.73 Å². The number of anilines is 1. The maximum absolute atomic E-state index is 11.0. The summed E-state index contributed by atoms with van der Waals surface area (Å²) >= 11 is 0. The van der Waals surface area contributed by atoms with E-state index in [1.54, 1.807) is 24.7 Å². The van der Waals surface area contributed by atoms with Gasteiger partial charge in [0.1, 0.15) is 5.82 Å². The molecule has 4 heterocycles. The van der Waals surface area contributed by atoms with E-state index in [2.05, 4.69) is 20.3 Å². The third kappa shape index (κ3) is 2.67. The van der Waals surface area contributed by atoms with Crippen LogP contribution in [0.4, 0.5) is 10.6 Å². The van der Waals surface area contributed by atoms with E-state index in [-0.39, 0.29) is 5.92 Å². The van der Waals surface area contributed by atoms with Gasteiger partial charge in [-0.25, -0.2) is 14.8 Å². The van der Waals surface area contributed by atoms with Crippen LogP contribution in [-0.4, -0.2) is 39.2 Å². The van der Waals surface area contributed by atoms with Crippen molar-refractivity contribution in [3.05, 3.63) is 36.5 Å². The zero-order valence-corrected chi connectivity index (χ0v) is 12.8. The van der Waals surface area contributed by atoms with Gasteiger partial charge >= 0.3 is 6.03 Å². The molecule has 1 aliphatic heterocycles. The lowest BCUT2D eigenvalue weighted by atomic mass is 10.1. The van der Waals surface area contributed by atoms with Gasteiger partial charge < -0.3 is 15.5 Å². The van der Waals surface area contributed by atoms with Crippen molar-refractivity contribution >= 4 is 22.8 Å². The van der Waals surface area contributed by atoms with Gasteiger partial charge in [0.05, 0.1) is 35.9 Å². The highest BCUT2D eigenvalue weighted by Gasteiger charge is 2.20. The number of ether oxygens (including phenoxy) is 1. The van der Waals surface area contributed by atoms with E-state index in [0.29, 0.717) is 12.4 Å². The third-order valence-electron chi connectivity index (χ3n) is 4.09. The number of carbonyl (C=O) groups excluding carboxylic acids is 1. The van der Waals surface area contributed by atoms with Gasteiger partial charge in [-0.15, -0.1) is 0 Å². The van der Waals surface area contributed by atoms with Crippen LogP contribution >= 0.6 is 0 Å². The molecule has 1 aliphatic rings. The summed E-state index contributed by atoms with van der Waals surface area (Å²) in [5.41, 5.74) is 8.59. The molecule has 24 heavy (non-hydrogen) atoms. The van der Waals surface area contributed by atoms with Crippen molar-refractivity contribution in [2.45, 2.75) is 12.3 Å². The molecule has 0 bridgehead atoms. The monoisotopic (exact) mass is 324 g/mol. The number of pyridine rings is 1. The van der Waals surface area contributed by atoms with E-state index in [0.717, 1.165) is 40.9 Å². The molecular weight excluding hydrogens is 308 g/mol. The summed E-state index contributed by atoms with van der Waals surface area (Å²) in [7, 11) is 0. The predicted molar refractivity (Wildman–Crippen MR) is 88.5 cm³/mol. The number of fused-ring (bicyclic) bond motifs is 1. The molecule has 8 nitrogen and oxygen atoms in total. The Morgan fingerprint density at radius 2 is 2.29 bits per heavy atom. The second-order valence-corrected chi connectivity index (χ2v) is 5.70. The third-order valence-corrected chi connectivity index (χ3v) is 4.09. The molecule has 3 aromatic rings. The summed E-state index contributed by atoms with van der Waals surface area (Å²) in [5, 5.41) is 3.37. The topological polar surface area (TPSA) is 119 Å². The van der Waals surface area contributed by atoms with E-state index < -0.39 is 6.03 Å². The molecule has 4 rings (SSSR count). The Bertz CT molecular complexity index is 900. The Kier molecular flexibility index (Phi) is 3.58. The van der Waals surface area contributed by atoms with Crippen LogP contribution in [0.5, 0.6) is 0 Å². The summed E-state index contributed by atoms with van der Waals surface area (Å²) in [6, 6.07) is 1.11. The van der Waals surface area contributed by atoms with Crippen molar-refractivity contribution in [1.82, 2.24) is 19.9 Å². The number of amides is 2. The SMILES string of the molecule is NC(=O)Nc1cc2c(-c3cncc(C4CCOC4)n3)c[nH]c2cn1. The fraction of sp³-hybridized carbons (Fsp3) is 0.250. The van der Waals surface area contributed by atoms with Gasteiger partial charge in [-0.05, 0) is 12.5 Å². The molecule has 3 aromatic heterocycles. The molecular formula is C16H16N6O2. The number of urea groups is 1.